The van der Waals surface area contributed by atoms with Gasteiger partial charge in [-0.05, 0) is 30.7 Å². The minimum Gasteiger partial charge on any atom is -0.369 e. The molecule has 2 aromatic carbocycles. The number of anilines is 1. The van der Waals surface area contributed by atoms with Crippen LogP contribution in [0.2, 0.25) is 0 Å². The molecule has 1 aromatic heterocycles. The van der Waals surface area contributed by atoms with Crippen molar-refractivity contribution in [2.75, 3.05) is 5.73 Å². The number of benzene rings is 2. The largest absolute Gasteiger partial charge is 0.369 e. The first kappa shape index (κ1) is 10.8. The van der Waals surface area contributed by atoms with Gasteiger partial charge in [0.1, 0.15) is 5.82 Å². The molecule has 0 saturated heterocycles. The van der Waals surface area contributed by atoms with Crippen LogP contribution in [0.25, 0.3) is 16.7 Å². The van der Waals surface area contributed by atoms with Gasteiger partial charge in [0.05, 0.1) is 16.7 Å². The topological polar surface area (TPSA) is 43.8 Å². The zero-order valence-electron chi connectivity index (χ0n) is 9.89. The van der Waals surface area contributed by atoms with Crippen molar-refractivity contribution < 1.29 is 4.39 Å². The molecule has 0 atom stereocenters. The lowest BCUT2D eigenvalue weighted by atomic mass is 10.2. The molecule has 0 saturated carbocycles. The zero-order valence-corrected chi connectivity index (χ0v) is 9.89. The van der Waals surface area contributed by atoms with Gasteiger partial charge >= 0.3 is 0 Å². The summed E-state index contributed by atoms with van der Waals surface area (Å²) < 4.78 is 15.7. The second-order valence-electron chi connectivity index (χ2n) is 4.20. The van der Waals surface area contributed by atoms with Gasteiger partial charge in [0.25, 0.3) is 0 Å². The van der Waals surface area contributed by atoms with Gasteiger partial charge in [-0.3, -0.25) is 4.57 Å². The van der Waals surface area contributed by atoms with Crippen LogP contribution in [-0.2, 0) is 0 Å². The average molecular weight is 241 g/mol. The molecule has 3 aromatic rings. The number of para-hydroxylation sites is 3. The van der Waals surface area contributed by atoms with Gasteiger partial charge in [-0.15, -0.1) is 0 Å². The van der Waals surface area contributed by atoms with E-state index >= 15 is 0 Å². The van der Waals surface area contributed by atoms with E-state index < -0.39 is 0 Å². The Morgan fingerprint density at radius 3 is 2.67 bits per heavy atom. The Morgan fingerprint density at radius 2 is 1.89 bits per heavy atom. The number of hydrogen-bond donors (Lipinski definition) is 1. The van der Waals surface area contributed by atoms with Crippen LogP contribution in [0.5, 0.6) is 0 Å². The third kappa shape index (κ3) is 1.46. The molecule has 0 unspecified atom stereocenters. The maximum Gasteiger partial charge on any atom is 0.206 e. The smallest absolute Gasteiger partial charge is 0.206 e. The summed E-state index contributed by atoms with van der Waals surface area (Å²) >= 11 is 0. The van der Waals surface area contributed by atoms with Gasteiger partial charge in [0.15, 0.2) is 0 Å². The molecule has 2 N–H and O–H groups in total. The average Bonchev–Trinajstić information content (AvgIpc) is 2.66. The van der Waals surface area contributed by atoms with E-state index in [-0.39, 0.29) is 5.82 Å². The number of fused-ring (bicyclic) bond motifs is 1. The summed E-state index contributed by atoms with van der Waals surface area (Å²) in [7, 11) is 0. The Bertz CT molecular complexity index is 711. The van der Waals surface area contributed by atoms with Crippen LogP contribution in [0.1, 0.15) is 5.56 Å². The number of imidazole rings is 1. The molecule has 0 amide bonds. The zero-order chi connectivity index (χ0) is 12.7. The van der Waals surface area contributed by atoms with Crippen molar-refractivity contribution in [3.63, 3.8) is 0 Å². The lowest BCUT2D eigenvalue weighted by Crippen LogP contribution is -2.04. The Labute approximate surface area is 104 Å². The molecule has 0 aliphatic carbocycles. The van der Waals surface area contributed by atoms with Crippen LogP contribution in [0, 0.1) is 12.7 Å². The summed E-state index contributed by atoms with van der Waals surface area (Å²) in [6, 6.07) is 12.5. The summed E-state index contributed by atoms with van der Waals surface area (Å²) in [5.74, 6) is -0.00532. The summed E-state index contributed by atoms with van der Waals surface area (Å²) in [4.78, 5) is 4.25. The molecule has 0 aliphatic rings. The molecule has 1 heterocycles. The Balaban J connectivity index is 2.42. The molecule has 0 radical (unpaired) electrons. The van der Waals surface area contributed by atoms with Crippen LogP contribution < -0.4 is 5.73 Å². The monoisotopic (exact) mass is 241 g/mol. The first-order valence-corrected chi connectivity index (χ1v) is 5.67. The predicted octanol–water partition coefficient (Wildman–Crippen LogP) is 3.06. The number of nitrogen functional groups attached to an aromatic ring is 1. The molecular weight excluding hydrogens is 229 g/mol. The highest BCUT2D eigenvalue weighted by molar-refractivity contribution is 5.81. The van der Waals surface area contributed by atoms with E-state index in [1.165, 1.54) is 6.07 Å². The predicted molar refractivity (Wildman–Crippen MR) is 70.2 cm³/mol. The second-order valence-corrected chi connectivity index (χ2v) is 4.20. The van der Waals surface area contributed by atoms with Gasteiger partial charge in [0, 0.05) is 0 Å². The quantitative estimate of drug-likeness (QED) is 0.711. The van der Waals surface area contributed by atoms with Crippen LogP contribution in [-0.4, -0.2) is 9.55 Å². The van der Waals surface area contributed by atoms with E-state index in [9.17, 15) is 4.39 Å². The Morgan fingerprint density at radius 1 is 1.11 bits per heavy atom. The summed E-state index contributed by atoms with van der Waals surface area (Å²) in [6.45, 7) is 1.85. The minimum absolute atomic E-state index is 0.296. The number of hydrogen-bond acceptors (Lipinski definition) is 2. The highest BCUT2D eigenvalue weighted by Crippen LogP contribution is 2.26. The number of aromatic nitrogens is 2. The first-order valence-electron chi connectivity index (χ1n) is 5.67. The lowest BCUT2D eigenvalue weighted by molar-refractivity contribution is 0.618. The molecule has 0 fully saturated rings. The van der Waals surface area contributed by atoms with Crippen LogP contribution in [0.15, 0.2) is 42.5 Å². The van der Waals surface area contributed by atoms with E-state index in [4.69, 9.17) is 5.73 Å². The third-order valence-electron chi connectivity index (χ3n) is 3.00. The highest BCUT2D eigenvalue weighted by Gasteiger charge is 2.14. The molecule has 18 heavy (non-hydrogen) atoms. The minimum atomic E-state index is -0.301. The van der Waals surface area contributed by atoms with Crippen LogP contribution in [0.4, 0.5) is 10.3 Å². The van der Waals surface area contributed by atoms with Crippen molar-refractivity contribution >= 4 is 17.0 Å². The summed E-state index contributed by atoms with van der Waals surface area (Å²) in [5.41, 5.74) is 8.76. The van der Waals surface area contributed by atoms with E-state index in [0.29, 0.717) is 11.6 Å². The molecule has 3 nitrogen and oxygen atoms in total. The van der Waals surface area contributed by atoms with Crippen molar-refractivity contribution in [3.05, 3.63) is 53.8 Å². The summed E-state index contributed by atoms with van der Waals surface area (Å²) in [5, 5.41) is 0. The third-order valence-corrected chi connectivity index (χ3v) is 3.00. The van der Waals surface area contributed by atoms with Gasteiger partial charge in [0.2, 0.25) is 5.95 Å². The number of halogens is 1. The number of rotatable bonds is 1. The second kappa shape index (κ2) is 3.84. The standard InChI is InChI=1S/C14H12FN3/c1-9-5-4-6-10(15)13(9)18-12-8-3-2-7-11(12)17-14(18)16/h2-8H,1H3,(H2,16,17). The molecule has 0 spiro atoms. The van der Waals surface area contributed by atoms with Crippen molar-refractivity contribution in [2.45, 2.75) is 6.92 Å². The van der Waals surface area contributed by atoms with Gasteiger partial charge < -0.3 is 5.73 Å². The van der Waals surface area contributed by atoms with Gasteiger partial charge in [-0.1, -0.05) is 24.3 Å². The normalized spacial score (nSPS) is 11.0. The van der Waals surface area contributed by atoms with Crippen molar-refractivity contribution in [1.82, 2.24) is 9.55 Å². The van der Waals surface area contributed by atoms with Crippen LogP contribution >= 0.6 is 0 Å². The number of nitrogens with zero attached hydrogens (tertiary/aromatic N) is 2. The van der Waals surface area contributed by atoms with Crippen molar-refractivity contribution in [2.24, 2.45) is 0 Å². The maximum absolute atomic E-state index is 14.0. The number of nitrogens with two attached hydrogens (primary N) is 1. The lowest BCUT2D eigenvalue weighted by Gasteiger charge is -2.10. The molecule has 4 heteroatoms. The Hall–Kier alpha value is -2.36. The van der Waals surface area contributed by atoms with E-state index in [0.717, 1.165) is 16.6 Å². The number of aryl methyl sites for hydroxylation is 1. The van der Waals surface area contributed by atoms with E-state index in [2.05, 4.69) is 4.98 Å². The molecule has 90 valence electrons. The summed E-state index contributed by atoms with van der Waals surface area (Å²) in [6.07, 6.45) is 0. The van der Waals surface area contributed by atoms with E-state index in [1.807, 2.05) is 37.3 Å². The van der Waals surface area contributed by atoms with E-state index in [1.54, 1.807) is 10.6 Å². The SMILES string of the molecule is Cc1cccc(F)c1-n1c(N)nc2ccccc21. The molecule has 0 bridgehead atoms. The fourth-order valence-corrected chi connectivity index (χ4v) is 2.19. The fourth-order valence-electron chi connectivity index (χ4n) is 2.19. The Kier molecular flexibility index (Phi) is 2.30. The molecule has 0 aliphatic heterocycles. The van der Waals surface area contributed by atoms with Crippen molar-refractivity contribution in [3.8, 4) is 5.69 Å². The molecule has 3 rings (SSSR count). The van der Waals surface area contributed by atoms with Gasteiger partial charge in [-0.2, -0.15) is 0 Å². The first-order chi connectivity index (χ1) is 8.68. The van der Waals surface area contributed by atoms with Crippen LogP contribution in [0.3, 0.4) is 0 Å². The highest BCUT2D eigenvalue weighted by atomic mass is 19.1. The van der Waals surface area contributed by atoms with Crippen molar-refractivity contribution in [1.29, 1.82) is 0 Å². The molecular formula is C14H12FN3. The van der Waals surface area contributed by atoms with Gasteiger partial charge in [-0.25, -0.2) is 9.37 Å². The fraction of sp³-hybridized carbons (Fsp3) is 0.0714. The maximum atomic E-state index is 14.0.